The van der Waals surface area contributed by atoms with E-state index in [9.17, 15) is 0 Å². The van der Waals surface area contributed by atoms with E-state index >= 15 is 0 Å². The van der Waals surface area contributed by atoms with Crippen molar-refractivity contribution in [1.29, 1.82) is 0 Å². The lowest BCUT2D eigenvalue weighted by Gasteiger charge is -2.35. The highest BCUT2D eigenvalue weighted by molar-refractivity contribution is 5.36. The zero-order valence-electron chi connectivity index (χ0n) is 11.7. The van der Waals surface area contributed by atoms with Crippen molar-refractivity contribution in [2.45, 2.75) is 25.4 Å². The van der Waals surface area contributed by atoms with Crippen LogP contribution >= 0.6 is 0 Å². The molecule has 0 aliphatic carbocycles. The van der Waals surface area contributed by atoms with Crippen LogP contribution in [-0.4, -0.2) is 55.1 Å². The van der Waals surface area contributed by atoms with E-state index in [0.29, 0.717) is 0 Å². The lowest BCUT2D eigenvalue weighted by atomic mass is 10.0. The number of piperidine rings is 1. The quantitative estimate of drug-likeness (QED) is 0.878. The van der Waals surface area contributed by atoms with Crippen molar-refractivity contribution in [2.24, 2.45) is 0 Å². The molecule has 1 aromatic heterocycles. The second-order valence-electron chi connectivity index (χ2n) is 5.27. The van der Waals surface area contributed by atoms with E-state index in [1.165, 1.54) is 31.5 Å². The molecule has 0 spiro atoms. The van der Waals surface area contributed by atoms with Gasteiger partial charge in [-0.15, -0.1) is 0 Å². The van der Waals surface area contributed by atoms with E-state index in [1.807, 2.05) is 13.2 Å². The van der Waals surface area contributed by atoms with Crippen LogP contribution in [0.2, 0.25) is 0 Å². The molecule has 2 rings (SSSR count). The number of pyridine rings is 1. The van der Waals surface area contributed by atoms with Crippen molar-refractivity contribution in [1.82, 2.24) is 14.8 Å². The van der Waals surface area contributed by atoms with Gasteiger partial charge in [-0.1, -0.05) is 0 Å². The van der Waals surface area contributed by atoms with Crippen LogP contribution in [0.4, 0.5) is 5.82 Å². The van der Waals surface area contributed by atoms with Gasteiger partial charge in [0.05, 0.1) is 0 Å². The van der Waals surface area contributed by atoms with Crippen molar-refractivity contribution >= 4 is 5.82 Å². The van der Waals surface area contributed by atoms with Gasteiger partial charge in [-0.3, -0.25) is 4.90 Å². The van der Waals surface area contributed by atoms with Crippen molar-refractivity contribution in [2.75, 3.05) is 39.5 Å². The third-order valence-electron chi connectivity index (χ3n) is 3.77. The van der Waals surface area contributed by atoms with Crippen LogP contribution in [-0.2, 0) is 6.54 Å². The maximum absolute atomic E-state index is 4.25. The van der Waals surface area contributed by atoms with Crippen LogP contribution in [0.1, 0.15) is 18.4 Å². The summed E-state index contributed by atoms with van der Waals surface area (Å²) in [6.07, 6.45) is 4.43. The standard InChI is InChI=1S/C14H24N4/c1-15-14-10-12(4-7-16-14)11-18-8-5-13(6-9-18)17(2)3/h4,7,10,13H,5-6,8-9,11H2,1-3H3,(H,15,16). The smallest absolute Gasteiger partial charge is 0.125 e. The highest BCUT2D eigenvalue weighted by Gasteiger charge is 2.20. The predicted molar refractivity (Wildman–Crippen MR) is 75.8 cm³/mol. The number of nitrogens with zero attached hydrogens (tertiary/aromatic N) is 3. The van der Waals surface area contributed by atoms with Gasteiger partial charge >= 0.3 is 0 Å². The summed E-state index contributed by atoms with van der Waals surface area (Å²) in [5.74, 6) is 0.954. The summed E-state index contributed by atoms with van der Waals surface area (Å²) in [5, 5.41) is 3.09. The molecule has 4 heteroatoms. The molecule has 100 valence electrons. The minimum atomic E-state index is 0.756. The molecule has 1 aliphatic rings. The number of anilines is 1. The van der Waals surface area contributed by atoms with Crippen LogP contribution in [0.15, 0.2) is 18.3 Å². The molecule has 18 heavy (non-hydrogen) atoms. The molecule has 0 amide bonds. The number of likely N-dealkylation sites (tertiary alicyclic amines) is 1. The van der Waals surface area contributed by atoms with E-state index in [0.717, 1.165) is 18.4 Å². The number of hydrogen-bond donors (Lipinski definition) is 1. The minimum Gasteiger partial charge on any atom is -0.373 e. The molecule has 0 radical (unpaired) electrons. The molecular formula is C14H24N4. The van der Waals surface area contributed by atoms with Gasteiger partial charge in [0.15, 0.2) is 0 Å². The Bertz CT molecular complexity index is 370. The Morgan fingerprint density at radius 3 is 2.72 bits per heavy atom. The minimum absolute atomic E-state index is 0.756. The Hall–Kier alpha value is -1.13. The third kappa shape index (κ3) is 3.43. The Labute approximate surface area is 110 Å². The molecule has 4 nitrogen and oxygen atoms in total. The summed E-state index contributed by atoms with van der Waals surface area (Å²) in [6, 6.07) is 5.00. The molecule has 1 fully saturated rings. The first kappa shape index (κ1) is 13.3. The maximum Gasteiger partial charge on any atom is 0.125 e. The van der Waals surface area contributed by atoms with E-state index < -0.39 is 0 Å². The second-order valence-corrected chi connectivity index (χ2v) is 5.27. The van der Waals surface area contributed by atoms with E-state index in [4.69, 9.17) is 0 Å². The molecule has 0 aromatic carbocycles. The number of aromatic nitrogens is 1. The lowest BCUT2D eigenvalue weighted by Crippen LogP contribution is -2.41. The molecule has 1 aliphatic heterocycles. The lowest BCUT2D eigenvalue weighted by molar-refractivity contribution is 0.140. The fourth-order valence-corrected chi connectivity index (χ4v) is 2.56. The van der Waals surface area contributed by atoms with Gasteiger partial charge in [0.1, 0.15) is 5.82 Å². The summed E-state index contributed by atoms with van der Waals surface area (Å²) in [5.41, 5.74) is 1.35. The molecule has 0 unspecified atom stereocenters. The molecular weight excluding hydrogens is 224 g/mol. The third-order valence-corrected chi connectivity index (χ3v) is 3.77. The highest BCUT2D eigenvalue weighted by Crippen LogP contribution is 2.17. The Kier molecular flexibility index (Phi) is 4.55. The Morgan fingerprint density at radius 1 is 1.39 bits per heavy atom. The van der Waals surface area contributed by atoms with E-state index in [1.54, 1.807) is 0 Å². The largest absolute Gasteiger partial charge is 0.373 e. The first-order valence-corrected chi connectivity index (χ1v) is 6.70. The van der Waals surface area contributed by atoms with Crippen LogP contribution in [0.3, 0.4) is 0 Å². The monoisotopic (exact) mass is 248 g/mol. The second kappa shape index (κ2) is 6.16. The predicted octanol–water partition coefficient (Wildman–Crippen LogP) is 1.65. The summed E-state index contributed by atoms with van der Waals surface area (Å²) in [4.78, 5) is 9.14. The molecule has 0 atom stereocenters. The van der Waals surface area contributed by atoms with Crippen molar-refractivity contribution in [3.8, 4) is 0 Å². The summed E-state index contributed by atoms with van der Waals surface area (Å²) in [6.45, 7) is 3.43. The fourth-order valence-electron chi connectivity index (χ4n) is 2.56. The van der Waals surface area contributed by atoms with Crippen LogP contribution < -0.4 is 5.32 Å². The number of hydrogen-bond acceptors (Lipinski definition) is 4. The van der Waals surface area contributed by atoms with Gasteiger partial charge < -0.3 is 10.2 Å². The number of rotatable bonds is 4. The number of nitrogens with one attached hydrogen (secondary N) is 1. The zero-order chi connectivity index (χ0) is 13.0. The van der Waals surface area contributed by atoms with Gasteiger partial charge in [0, 0.05) is 25.8 Å². The van der Waals surface area contributed by atoms with Crippen LogP contribution in [0, 0.1) is 0 Å². The molecule has 0 saturated carbocycles. The van der Waals surface area contributed by atoms with Gasteiger partial charge in [0.2, 0.25) is 0 Å². The van der Waals surface area contributed by atoms with E-state index in [-0.39, 0.29) is 0 Å². The van der Waals surface area contributed by atoms with Gasteiger partial charge in [-0.25, -0.2) is 4.98 Å². The first-order chi connectivity index (χ1) is 8.69. The molecule has 1 N–H and O–H groups in total. The van der Waals surface area contributed by atoms with Crippen molar-refractivity contribution in [3.05, 3.63) is 23.9 Å². The summed E-state index contributed by atoms with van der Waals surface area (Å²) in [7, 11) is 6.28. The topological polar surface area (TPSA) is 31.4 Å². The summed E-state index contributed by atoms with van der Waals surface area (Å²) >= 11 is 0. The normalized spacial score (nSPS) is 18.2. The zero-order valence-corrected chi connectivity index (χ0v) is 11.7. The average molecular weight is 248 g/mol. The van der Waals surface area contributed by atoms with Gasteiger partial charge in [-0.2, -0.15) is 0 Å². The average Bonchev–Trinajstić information content (AvgIpc) is 2.39. The Balaban J connectivity index is 1.87. The molecule has 1 aromatic rings. The van der Waals surface area contributed by atoms with Crippen LogP contribution in [0.5, 0.6) is 0 Å². The van der Waals surface area contributed by atoms with Gasteiger partial charge in [-0.05, 0) is 57.7 Å². The maximum atomic E-state index is 4.25. The molecule has 0 bridgehead atoms. The fraction of sp³-hybridized carbons (Fsp3) is 0.643. The summed E-state index contributed by atoms with van der Waals surface area (Å²) < 4.78 is 0. The van der Waals surface area contributed by atoms with Crippen molar-refractivity contribution in [3.63, 3.8) is 0 Å². The van der Waals surface area contributed by atoms with Crippen LogP contribution in [0.25, 0.3) is 0 Å². The molecule has 1 saturated heterocycles. The Morgan fingerprint density at radius 2 is 2.11 bits per heavy atom. The molecule has 2 heterocycles. The SMILES string of the molecule is CNc1cc(CN2CCC(N(C)C)CC2)ccn1. The van der Waals surface area contributed by atoms with E-state index in [2.05, 4.69) is 46.3 Å². The van der Waals surface area contributed by atoms with Crippen molar-refractivity contribution < 1.29 is 0 Å². The van der Waals surface area contributed by atoms with Gasteiger partial charge in [0.25, 0.3) is 0 Å². The highest BCUT2D eigenvalue weighted by atomic mass is 15.2. The first-order valence-electron chi connectivity index (χ1n) is 6.70.